The molecule has 0 aliphatic heterocycles. The van der Waals surface area contributed by atoms with Crippen molar-refractivity contribution in [2.45, 2.75) is 39.7 Å². The molecule has 1 aromatic rings. The van der Waals surface area contributed by atoms with Gasteiger partial charge in [-0.1, -0.05) is 26.3 Å². The Hall–Kier alpha value is -1.09. The standard InChI is InChI=1S/C17H27FN2/c1-13(2)10-19-11-15-16(18)8-5-9-17(15)20(3)12-14-6-4-7-14/h5,8-9,13-14,19H,4,6-7,10-12H2,1-3H3. The van der Waals surface area contributed by atoms with Crippen LogP contribution in [-0.4, -0.2) is 20.1 Å². The molecular formula is C17H27FN2. The van der Waals surface area contributed by atoms with Gasteiger partial charge in [0.15, 0.2) is 0 Å². The maximum Gasteiger partial charge on any atom is 0.129 e. The minimum absolute atomic E-state index is 0.0979. The van der Waals surface area contributed by atoms with Crippen LogP contribution in [0.3, 0.4) is 0 Å². The van der Waals surface area contributed by atoms with Crippen molar-refractivity contribution in [2.75, 3.05) is 25.0 Å². The highest BCUT2D eigenvalue weighted by Crippen LogP contribution is 2.30. The van der Waals surface area contributed by atoms with Gasteiger partial charge in [0, 0.05) is 31.4 Å². The molecule has 2 nitrogen and oxygen atoms in total. The van der Waals surface area contributed by atoms with Gasteiger partial charge in [0.2, 0.25) is 0 Å². The van der Waals surface area contributed by atoms with E-state index in [0.717, 1.165) is 30.3 Å². The van der Waals surface area contributed by atoms with E-state index < -0.39 is 0 Å². The largest absolute Gasteiger partial charge is 0.374 e. The molecule has 0 radical (unpaired) electrons. The van der Waals surface area contributed by atoms with Crippen molar-refractivity contribution in [3.63, 3.8) is 0 Å². The van der Waals surface area contributed by atoms with Crippen LogP contribution in [0.1, 0.15) is 38.7 Å². The van der Waals surface area contributed by atoms with Crippen LogP contribution in [0, 0.1) is 17.7 Å². The molecule has 0 amide bonds. The van der Waals surface area contributed by atoms with Crippen LogP contribution in [0.15, 0.2) is 18.2 Å². The monoisotopic (exact) mass is 278 g/mol. The molecule has 3 heteroatoms. The van der Waals surface area contributed by atoms with Gasteiger partial charge in [-0.05, 0) is 43.4 Å². The Labute approximate surface area is 122 Å². The quantitative estimate of drug-likeness (QED) is 0.816. The van der Waals surface area contributed by atoms with Gasteiger partial charge in [-0.2, -0.15) is 0 Å². The summed E-state index contributed by atoms with van der Waals surface area (Å²) in [5, 5.41) is 3.35. The van der Waals surface area contributed by atoms with E-state index in [1.165, 1.54) is 19.3 Å². The summed E-state index contributed by atoms with van der Waals surface area (Å²) in [6.07, 6.45) is 3.99. The molecular weight excluding hydrogens is 251 g/mol. The highest BCUT2D eigenvalue weighted by molar-refractivity contribution is 5.53. The van der Waals surface area contributed by atoms with E-state index in [9.17, 15) is 4.39 Å². The zero-order valence-corrected chi connectivity index (χ0v) is 13.0. The lowest BCUT2D eigenvalue weighted by Crippen LogP contribution is -2.31. The Morgan fingerprint density at radius 2 is 2.10 bits per heavy atom. The maximum absolute atomic E-state index is 14.1. The van der Waals surface area contributed by atoms with Gasteiger partial charge in [0.1, 0.15) is 5.82 Å². The van der Waals surface area contributed by atoms with Crippen molar-refractivity contribution < 1.29 is 4.39 Å². The Morgan fingerprint density at radius 3 is 2.70 bits per heavy atom. The van der Waals surface area contributed by atoms with Crippen LogP contribution in [0.5, 0.6) is 0 Å². The van der Waals surface area contributed by atoms with Crippen LogP contribution < -0.4 is 10.2 Å². The highest BCUT2D eigenvalue weighted by atomic mass is 19.1. The van der Waals surface area contributed by atoms with Crippen molar-refractivity contribution in [3.8, 4) is 0 Å². The third-order valence-corrected chi connectivity index (χ3v) is 4.12. The second-order valence-corrected chi connectivity index (χ2v) is 6.44. The van der Waals surface area contributed by atoms with Crippen LogP contribution in [0.4, 0.5) is 10.1 Å². The van der Waals surface area contributed by atoms with Gasteiger partial charge in [0.25, 0.3) is 0 Å². The first kappa shape index (κ1) is 15.3. The number of benzene rings is 1. The van der Waals surface area contributed by atoms with Gasteiger partial charge in [-0.15, -0.1) is 0 Å². The summed E-state index contributed by atoms with van der Waals surface area (Å²) in [5.41, 5.74) is 1.84. The van der Waals surface area contributed by atoms with E-state index in [0.29, 0.717) is 12.5 Å². The Bertz CT molecular complexity index is 427. The third-order valence-electron chi connectivity index (χ3n) is 4.12. The average molecular weight is 278 g/mol. The lowest BCUT2D eigenvalue weighted by atomic mass is 9.85. The summed E-state index contributed by atoms with van der Waals surface area (Å²) in [5.74, 6) is 1.27. The molecule has 1 saturated carbocycles. The molecule has 0 atom stereocenters. The Balaban J connectivity index is 2.04. The molecule has 2 rings (SSSR count). The van der Waals surface area contributed by atoms with E-state index in [2.05, 4.69) is 31.1 Å². The lowest BCUT2D eigenvalue weighted by Gasteiger charge is -2.32. The van der Waals surface area contributed by atoms with Crippen molar-refractivity contribution in [2.24, 2.45) is 11.8 Å². The minimum Gasteiger partial charge on any atom is -0.374 e. The molecule has 1 fully saturated rings. The SMILES string of the molecule is CC(C)CNCc1c(F)cccc1N(C)CC1CCC1. The Kier molecular flexibility index (Phi) is 5.41. The highest BCUT2D eigenvalue weighted by Gasteiger charge is 2.21. The molecule has 0 spiro atoms. The summed E-state index contributed by atoms with van der Waals surface area (Å²) in [7, 11) is 2.08. The number of nitrogens with one attached hydrogen (secondary N) is 1. The van der Waals surface area contributed by atoms with E-state index in [-0.39, 0.29) is 5.82 Å². The number of halogens is 1. The zero-order chi connectivity index (χ0) is 14.5. The topological polar surface area (TPSA) is 15.3 Å². The molecule has 0 heterocycles. The smallest absolute Gasteiger partial charge is 0.129 e. The molecule has 1 aromatic carbocycles. The van der Waals surface area contributed by atoms with Crippen LogP contribution in [0.25, 0.3) is 0 Å². The first-order valence-corrected chi connectivity index (χ1v) is 7.77. The van der Waals surface area contributed by atoms with Crippen molar-refractivity contribution in [1.82, 2.24) is 5.32 Å². The molecule has 1 aliphatic carbocycles. The van der Waals surface area contributed by atoms with Crippen LogP contribution in [0.2, 0.25) is 0 Å². The summed E-state index contributed by atoms with van der Waals surface area (Å²) < 4.78 is 14.1. The number of hydrogen-bond acceptors (Lipinski definition) is 2. The van der Waals surface area contributed by atoms with E-state index in [1.807, 2.05) is 12.1 Å². The van der Waals surface area contributed by atoms with Gasteiger partial charge in [0.05, 0.1) is 0 Å². The average Bonchev–Trinajstić information content (AvgIpc) is 2.35. The van der Waals surface area contributed by atoms with Gasteiger partial charge < -0.3 is 10.2 Å². The summed E-state index contributed by atoms with van der Waals surface area (Å²) in [4.78, 5) is 2.22. The number of nitrogens with zero attached hydrogens (tertiary/aromatic N) is 1. The summed E-state index contributed by atoms with van der Waals surface area (Å²) in [6.45, 7) is 6.89. The molecule has 20 heavy (non-hydrogen) atoms. The predicted molar refractivity (Wildman–Crippen MR) is 83.6 cm³/mol. The van der Waals surface area contributed by atoms with Crippen LogP contribution in [-0.2, 0) is 6.54 Å². The fraction of sp³-hybridized carbons (Fsp3) is 0.647. The third kappa shape index (κ3) is 3.95. The fourth-order valence-electron chi connectivity index (χ4n) is 2.73. The van der Waals surface area contributed by atoms with E-state index in [1.54, 1.807) is 6.07 Å². The van der Waals surface area contributed by atoms with E-state index >= 15 is 0 Å². The molecule has 1 aliphatic rings. The van der Waals surface area contributed by atoms with Crippen molar-refractivity contribution in [1.29, 1.82) is 0 Å². The summed E-state index contributed by atoms with van der Waals surface area (Å²) in [6, 6.07) is 5.41. The van der Waals surface area contributed by atoms with Gasteiger partial charge >= 0.3 is 0 Å². The second kappa shape index (κ2) is 7.07. The first-order valence-electron chi connectivity index (χ1n) is 7.77. The number of rotatable bonds is 7. The van der Waals surface area contributed by atoms with E-state index in [4.69, 9.17) is 0 Å². The minimum atomic E-state index is -0.0979. The predicted octanol–water partition coefficient (Wildman–Crippen LogP) is 3.81. The van der Waals surface area contributed by atoms with Crippen LogP contribution >= 0.6 is 0 Å². The molecule has 0 bridgehead atoms. The first-order chi connectivity index (χ1) is 9.58. The fourth-order valence-corrected chi connectivity index (χ4v) is 2.73. The molecule has 1 N–H and O–H groups in total. The molecule has 0 saturated heterocycles. The molecule has 0 aromatic heterocycles. The summed E-state index contributed by atoms with van der Waals surface area (Å²) >= 11 is 0. The number of hydrogen-bond donors (Lipinski definition) is 1. The zero-order valence-electron chi connectivity index (χ0n) is 13.0. The molecule has 0 unspecified atom stereocenters. The second-order valence-electron chi connectivity index (χ2n) is 6.44. The van der Waals surface area contributed by atoms with Crippen molar-refractivity contribution in [3.05, 3.63) is 29.6 Å². The lowest BCUT2D eigenvalue weighted by molar-refractivity contribution is 0.321. The number of anilines is 1. The Morgan fingerprint density at radius 1 is 1.35 bits per heavy atom. The van der Waals surface area contributed by atoms with Gasteiger partial charge in [-0.3, -0.25) is 0 Å². The normalized spacial score (nSPS) is 15.4. The molecule has 112 valence electrons. The van der Waals surface area contributed by atoms with Gasteiger partial charge in [-0.25, -0.2) is 4.39 Å². The van der Waals surface area contributed by atoms with Crippen molar-refractivity contribution >= 4 is 5.69 Å². The maximum atomic E-state index is 14.1.